The maximum atomic E-state index is 12.1. The summed E-state index contributed by atoms with van der Waals surface area (Å²) >= 11 is 3.38. The molecule has 0 atom stereocenters. The van der Waals surface area contributed by atoms with Gasteiger partial charge in [-0.1, -0.05) is 29.8 Å². The minimum atomic E-state index is -0.151. The predicted octanol–water partition coefficient (Wildman–Crippen LogP) is 3.14. The van der Waals surface area contributed by atoms with Crippen LogP contribution >= 0.6 is 15.9 Å². The summed E-state index contributed by atoms with van der Waals surface area (Å²) in [4.78, 5) is 14.4. The van der Waals surface area contributed by atoms with Crippen LogP contribution in [0.1, 0.15) is 30.8 Å². The monoisotopic (exact) mass is 408 g/mol. The number of benzene rings is 1. The molecule has 1 aromatic carbocycles. The number of nitrogens with zero attached hydrogens (tertiary/aromatic N) is 3. The summed E-state index contributed by atoms with van der Waals surface area (Å²) in [5.74, 6) is 0.600. The summed E-state index contributed by atoms with van der Waals surface area (Å²) in [6, 6.07) is 9.27. The molecule has 1 amide bonds. The van der Waals surface area contributed by atoms with Crippen LogP contribution in [0.5, 0.6) is 5.75 Å². The van der Waals surface area contributed by atoms with Crippen LogP contribution in [0.2, 0.25) is 0 Å². The zero-order chi connectivity index (χ0) is 18.1. The second-order valence-corrected chi connectivity index (χ2v) is 6.52. The van der Waals surface area contributed by atoms with E-state index in [1.54, 1.807) is 16.9 Å². The fraction of sp³-hybridized carbons (Fsp3) is 0.444. The van der Waals surface area contributed by atoms with Crippen LogP contribution in [-0.2, 0) is 6.73 Å². The molecule has 136 valence electrons. The number of carbonyl (C=O) groups excluding carboxylic acids is 1. The van der Waals surface area contributed by atoms with Crippen molar-refractivity contribution in [1.29, 1.82) is 0 Å². The number of aromatic nitrogens is 2. The lowest BCUT2D eigenvalue weighted by atomic mass is 10.3. The zero-order valence-corrected chi connectivity index (χ0v) is 16.3. The molecule has 0 aliphatic rings. The van der Waals surface area contributed by atoms with Crippen LogP contribution in [0.25, 0.3) is 0 Å². The summed E-state index contributed by atoms with van der Waals surface area (Å²) in [6.45, 7) is 8.26. The lowest BCUT2D eigenvalue weighted by Crippen LogP contribution is -2.30. The molecule has 0 radical (unpaired) electrons. The van der Waals surface area contributed by atoms with E-state index < -0.39 is 0 Å². The van der Waals surface area contributed by atoms with E-state index in [1.807, 2.05) is 24.3 Å². The predicted molar refractivity (Wildman–Crippen MR) is 102 cm³/mol. The molecule has 1 heterocycles. The summed E-state index contributed by atoms with van der Waals surface area (Å²) in [5.41, 5.74) is 0.405. The lowest BCUT2D eigenvalue weighted by Gasteiger charge is -2.17. The fourth-order valence-electron chi connectivity index (χ4n) is 2.36. The van der Waals surface area contributed by atoms with E-state index in [1.165, 1.54) is 0 Å². The molecule has 0 aliphatic heterocycles. The standard InChI is InChI=1S/C18H25BrN4O2/c1-3-22(4-2)12-5-11-20-18(24)17-10-13-23(21-17)14-25-16-8-6-15(19)7-9-16/h6-10,13H,3-5,11-12,14H2,1-2H3,(H,20,24). The molecule has 0 fully saturated rings. The highest BCUT2D eigenvalue weighted by Crippen LogP contribution is 2.16. The van der Waals surface area contributed by atoms with Gasteiger partial charge in [-0.3, -0.25) is 4.79 Å². The molecular weight excluding hydrogens is 384 g/mol. The number of carbonyl (C=O) groups is 1. The first-order valence-electron chi connectivity index (χ1n) is 8.54. The molecule has 0 unspecified atom stereocenters. The Balaban J connectivity index is 1.74. The van der Waals surface area contributed by atoms with Gasteiger partial charge in [-0.2, -0.15) is 5.10 Å². The number of amides is 1. The molecule has 7 heteroatoms. The van der Waals surface area contributed by atoms with Crippen LogP contribution in [-0.4, -0.2) is 46.8 Å². The molecular formula is C18H25BrN4O2. The van der Waals surface area contributed by atoms with E-state index in [4.69, 9.17) is 4.74 Å². The Bertz CT molecular complexity index is 653. The molecule has 0 spiro atoms. The number of rotatable bonds is 10. The Hall–Kier alpha value is -1.86. The first kappa shape index (κ1) is 19.5. The summed E-state index contributed by atoms with van der Waals surface area (Å²) in [6.07, 6.45) is 2.67. The second-order valence-electron chi connectivity index (χ2n) is 5.60. The highest BCUT2D eigenvalue weighted by atomic mass is 79.9. The van der Waals surface area contributed by atoms with E-state index in [0.717, 1.165) is 36.3 Å². The number of halogens is 1. The number of hydrogen-bond acceptors (Lipinski definition) is 4. The molecule has 0 saturated heterocycles. The van der Waals surface area contributed by atoms with Crippen molar-refractivity contribution in [3.8, 4) is 5.75 Å². The van der Waals surface area contributed by atoms with Crippen molar-refractivity contribution >= 4 is 21.8 Å². The van der Waals surface area contributed by atoms with E-state index in [-0.39, 0.29) is 12.6 Å². The molecule has 6 nitrogen and oxygen atoms in total. The van der Waals surface area contributed by atoms with Crippen LogP contribution in [0.15, 0.2) is 41.0 Å². The van der Waals surface area contributed by atoms with Gasteiger partial charge in [0.1, 0.15) is 11.4 Å². The SMILES string of the molecule is CCN(CC)CCCNC(=O)c1ccn(COc2ccc(Br)cc2)n1. The van der Waals surface area contributed by atoms with Crippen molar-refractivity contribution < 1.29 is 9.53 Å². The van der Waals surface area contributed by atoms with E-state index in [9.17, 15) is 4.79 Å². The first-order valence-corrected chi connectivity index (χ1v) is 9.34. The fourth-order valence-corrected chi connectivity index (χ4v) is 2.63. The molecule has 0 saturated carbocycles. The Kier molecular flexibility index (Phi) is 7.94. The average Bonchev–Trinajstić information content (AvgIpc) is 3.10. The van der Waals surface area contributed by atoms with Gasteiger partial charge >= 0.3 is 0 Å². The Labute approximate surface area is 157 Å². The molecule has 2 rings (SSSR count). The Morgan fingerprint density at radius 3 is 2.64 bits per heavy atom. The van der Waals surface area contributed by atoms with Crippen LogP contribution in [0, 0.1) is 0 Å². The number of nitrogens with one attached hydrogen (secondary N) is 1. The smallest absolute Gasteiger partial charge is 0.271 e. The van der Waals surface area contributed by atoms with E-state index in [2.05, 4.69) is 45.1 Å². The quantitative estimate of drug-likeness (QED) is 0.613. The van der Waals surface area contributed by atoms with Gasteiger partial charge in [-0.25, -0.2) is 4.68 Å². The zero-order valence-electron chi connectivity index (χ0n) is 14.7. The van der Waals surface area contributed by atoms with Crippen molar-refractivity contribution in [1.82, 2.24) is 20.0 Å². The van der Waals surface area contributed by atoms with E-state index in [0.29, 0.717) is 12.2 Å². The number of ether oxygens (including phenoxy) is 1. The third kappa shape index (κ3) is 6.51. The van der Waals surface area contributed by atoms with Gasteiger partial charge in [-0.15, -0.1) is 0 Å². The maximum absolute atomic E-state index is 12.1. The van der Waals surface area contributed by atoms with Gasteiger partial charge in [0.25, 0.3) is 5.91 Å². The van der Waals surface area contributed by atoms with Crippen LogP contribution in [0.4, 0.5) is 0 Å². The summed E-state index contributed by atoms with van der Waals surface area (Å²) < 4.78 is 8.24. The molecule has 1 N–H and O–H groups in total. The van der Waals surface area contributed by atoms with Gasteiger partial charge in [-0.05, 0) is 56.4 Å². The normalized spacial score (nSPS) is 10.9. The van der Waals surface area contributed by atoms with Gasteiger partial charge in [0, 0.05) is 17.2 Å². The lowest BCUT2D eigenvalue weighted by molar-refractivity contribution is 0.0945. The Morgan fingerprint density at radius 1 is 1.24 bits per heavy atom. The van der Waals surface area contributed by atoms with Crippen molar-refractivity contribution in [2.75, 3.05) is 26.2 Å². The van der Waals surface area contributed by atoms with Gasteiger partial charge < -0.3 is 15.0 Å². The summed E-state index contributed by atoms with van der Waals surface area (Å²) in [5, 5.41) is 7.16. The third-order valence-electron chi connectivity index (χ3n) is 3.88. The van der Waals surface area contributed by atoms with Crippen molar-refractivity contribution in [2.45, 2.75) is 27.0 Å². The van der Waals surface area contributed by atoms with Crippen molar-refractivity contribution in [3.63, 3.8) is 0 Å². The van der Waals surface area contributed by atoms with Crippen molar-refractivity contribution in [2.24, 2.45) is 0 Å². The largest absolute Gasteiger partial charge is 0.471 e. The van der Waals surface area contributed by atoms with Crippen molar-refractivity contribution in [3.05, 3.63) is 46.7 Å². The highest BCUT2D eigenvalue weighted by molar-refractivity contribution is 9.10. The molecule has 0 bridgehead atoms. The van der Waals surface area contributed by atoms with Gasteiger partial charge in [0.05, 0.1) is 0 Å². The van der Waals surface area contributed by atoms with Gasteiger partial charge in [0.15, 0.2) is 6.73 Å². The molecule has 2 aromatic rings. The van der Waals surface area contributed by atoms with E-state index >= 15 is 0 Å². The molecule has 0 aliphatic carbocycles. The molecule has 1 aromatic heterocycles. The van der Waals surface area contributed by atoms with Gasteiger partial charge in [0.2, 0.25) is 0 Å². The Morgan fingerprint density at radius 2 is 1.96 bits per heavy atom. The van der Waals surface area contributed by atoms with Crippen LogP contribution in [0.3, 0.4) is 0 Å². The highest BCUT2D eigenvalue weighted by Gasteiger charge is 2.09. The number of hydrogen-bond donors (Lipinski definition) is 1. The second kappa shape index (κ2) is 10.2. The third-order valence-corrected chi connectivity index (χ3v) is 4.41. The minimum Gasteiger partial charge on any atom is -0.471 e. The maximum Gasteiger partial charge on any atom is 0.271 e. The average molecular weight is 409 g/mol. The molecule has 25 heavy (non-hydrogen) atoms. The van der Waals surface area contributed by atoms with Crippen LogP contribution < -0.4 is 10.1 Å². The topological polar surface area (TPSA) is 59.4 Å². The summed E-state index contributed by atoms with van der Waals surface area (Å²) in [7, 11) is 0. The first-order chi connectivity index (χ1) is 12.1. The minimum absolute atomic E-state index is 0.151.